The standard InChI is InChI=1S/C16H12F6N4O/c1-23-13-5-4-11(9-12(13)16(20,21)22)26(10-15(17,18)19)7-8-27-14-3-2-6-24-25-14/h2-6,9H,7-8,10H2. The van der Waals surface area contributed by atoms with Crippen molar-refractivity contribution in [2.45, 2.75) is 12.4 Å². The van der Waals surface area contributed by atoms with Gasteiger partial charge < -0.3 is 9.64 Å². The first-order valence-electron chi connectivity index (χ1n) is 7.41. The smallest absolute Gasteiger partial charge is 0.407 e. The minimum atomic E-state index is -4.87. The summed E-state index contributed by atoms with van der Waals surface area (Å²) in [7, 11) is 0. The topological polar surface area (TPSA) is 42.6 Å². The van der Waals surface area contributed by atoms with Gasteiger partial charge in [-0.15, -0.1) is 5.10 Å². The zero-order valence-corrected chi connectivity index (χ0v) is 13.6. The van der Waals surface area contributed by atoms with Gasteiger partial charge in [-0.2, -0.15) is 31.4 Å². The van der Waals surface area contributed by atoms with Crippen LogP contribution < -0.4 is 9.64 Å². The molecule has 0 saturated heterocycles. The summed E-state index contributed by atoms with van der Waals surface area (Å²) < 4.78 is 82.9. The highest BCUT2D eigenvalue weighted by atomic mass is 19.4. The van der Waals surface area contributed by atoms with E-state index in [9.17, 15) is 26.3 Å². The van der Waals surface area contributed by atoms with Crippen molar-refractivity contribution in [3.8, 4) is 5.88 Å². The van der Waals surface area contributed by atoms with Crippen molar-refractivity contribution >= 4 is 11.4 Å². The molecule has 5 nitrogen and oxygen atoms in total. The maximum absolute atomic E-state index is 13.1. The molecule has 0 aliphatic rings. The van der Waals surface area contributed by atoms with Gasteiger partial charge in [0.1, 0.15) is 13.2 Å². The van der Waals surface area contributed by atoms with Gasteiger partial charge in [-0.1, -0.05) is 6.07 Å². The summed E-state index contributed by atoms with van der Waals surface area (Å²) in [6, 6.07) is 5.36. The summed E-state index contributed by atoms with van der Waals surface area (Å²) in [6.45, 7) is 4.69. The van der Waals surface area contributed by atoms with E-state index >= 15 is 0 Å². The van der Waals surface area contributed by atoms with Gasteiger partial charge >= 0.3 is 12.4 Å². The Balaban J connectivity index is 2.24. The number of benzene rings is 1. The number of hydrogen-bond donors (Lipinski definition) is 0. The van der Waals surface area contributed by atoms with Crippen molar-refractivity contribution < 1.29 is 31.1 Å². The monoisotopic (exact) mass is 390 g/mol. The van der Waals surface area contributed by atoms with E-state index in [2.05, 4.69) is 15.0 Å². The van der Waals surface area contributed by atoms with Gasteiger partial charge in [0.05, 0.1) is 18.7 Å². The maximum atomic E-state index is 13.1. The lowest BCUT2D eigenvalue weighted by atomic mass is 10.1. The number of nitrogens with zero attached hydrogens (tertiary/aromatic N) is 4. The minimum Gasteiger partial charge on any atom is -0.475 e. The van der Waals surface area contributed by atoms with Gasteiger partial charge in [0, 0.05) is 18.0 Å². The molecule has 27 heavy (non-hydrogen) atoms. The molecule has 1 heterocycles. The molecule has 0 atom stereocenters. The summed E-state index contributed by atoms with van der Waals surface area (Å²) in [5.74, 6) is 0.0730. The van der Waals surface area contributed by atoms with E-state index in [1.54, 1.807) is 0 Å². The molecule has 0 aliphatic heterocycles. The SMILES string of the molecule is [C-]#[N+]c1ccc(N(CCOc2cccnn2)CC(F)(F)F)cc1C(F)(F)F. The second kappa shape index (κ2) is 8.11. The number of aromatic nitrogens is 2. The quantitative estimate of drug-likeness (QED) is 0.538. The molecule has 1 aromatic carbocycles. The van der Waals surface area contributed by atoms with Gasteiger partial charge in [-0.25, -0.2) is 4.85 Å². The van der Waals surface area contributed by atoms with Crippen molar-refractivity contribution in [1.82, 2.24) is 10.2 Å². The third-order valence-electron chi connectivity index (χ3n) is 3.30. The van der Waals surface area contributed by atoms with E-state index in [0.717, 1.165) is 12.1 Å². The fourth-order valence-corrected chi connectivity index (χ4v) is 2.19. The fourth-order valence-electron chi connectivity index (χ4n) is 2.19. The second-order valence-electron chi connectivity index (χ2n) is 5.26. The number of anilines is 1. The first kappa shape index (κ1) is 20.3. The number of alkyl halides is 6. The van der Waals surface area contributed by atoms with Crippen LogP contribution in [0.5, 0.6) is 5.88 Å². The zero-order chi connectivity index (χ0) is 20.1. The van der Waals surface area contributed by atoms with Gasteiger partial charge in [0.2, 0.25) is 5.88 Å². The maximum Gasteiger partial charge on any atom is 0.407 e. The van der Waals surface area contributed by atoms with E-state index in [4.69, 9.17) is 11.3 Å². The van der Waals surface area contributed by atoms with Gasteiger partial charge in [0.25, 0.3) is 0 Å². The molecular formula is C16H12F6N4O. The van der Waals surface area contributed by atoms with Crippen molar-refractivity contribution in [1.29, 1.82) is 0 Å². The number of hydrogen-bond acceptors (Lipinski definition) is 4. The first-order valence-corrected chi connectivity index (χ1v) is 7.41. The van der Waals surface area contributed by atoms with E-state index in [1.807, 2.05) is 0 Å². The summed E-state index contributed by atoms with van der Waals surface area (Å²) >= 11 is 0. The van der Waals surface area contributed by atoms with Crippen LogP contribution in [0.25, 0.3) is 4.85 Å². The Hall–Kier alpha value is -3.03. The molecule has 0 saturated carbocycles. The normalized spacial score (nSPS) is 11.7. The summed E-state index contributed by atoms with van der Waals surface area (Å²) in [5.41, 5.74) is -2.30. The molecule has 0 fully saturated rings. The lowest BCUT2D eigenvalue weighted by Crippen LogP contribution is -2.37. The summed E-state index contributed by atoms with van der Waals surface area (Å²) in [4.78, 5) is 3.46. The predicted molar refractivity (Wildman–Crippen MR) is 83.5 cm³/mol. The van der Waals surface area contributed by atoms with Crippen molar-refractivity contribution in [3.05, 3.63) is 53.5 Å². The average molecular weight is 390 g/mol. The molecule has 1 aromatic heterocycles. The Kier molecular flexibility index (Phi) is 6.09. The Labute approximate surface area is 150 Å². The van der Waals surface area contributed by atoms with E-state index < -0.39 is 30.1 Å². The second-order valence-corrected chi connectivity index (χ2v) is 5.26. The molecule has 0 N–H and O–H groups in total. The van der Waals surface area contributed by atoms with E-state index in [0.29, 0.717) is 11.0 Å². The molecule has 0 spiro atoms. The molecular weight excluding hydrogens is 378 g/mol. The molecule has 2 rings (SSSR count). The third-order valence-corrected chi connectivity index (χ3v) is 3.30. The summed E-state index contributed by atoms with van der Waals surface area (Å²) in [5, 5.41) is 7.13. The molecule has 11 heteroatoms. The van der Waals surface area contributed by atoms with E-state index in [-0.39, 0.29) is 24.7 Å². The number of ether oxygens (including phenoxy) is 1. The van der Waals surface area contributed by atoms with Gasteiger partial charge in [0.15, 0.2) is 5.69 Å². The lowest BCUT2D eigenvalue weighted by molar-refractivity contribution is -0.136. The van der Waals surface area contributed by atoms with Crippen LogP contribution in [-0.2, 0) is 6.18 Å². The molecule has 0 bridgehead atoms. The molecule has 0 unspecified atom stereocenters. The van der Waals surface area contributed by atoms with Crippen LogP contribution in [0.4, 0.5) is 37.7 Å². The van der Waals surface area contributed by atoms with Crippen LogP contribution >= 0.6 is 0 Å². The Morgan fingerprint density at radius 1 is 1.11 bits per heavy atom. The average Bonchev–Trinajstić information content (AvgIpc) is 2.59. The molecule has 0 radical (unpaired) electrons. The van der Waals surface area contributed by atoms with Crippen LogP contribution in [0.3, 0.4) is 0 Å². The highest BCUT2D eigenvalue weighted by Gasteiger charge is 2.35. The highest BCUT2D eigenvalue weighted by Crippen LogP contribution is 2.39. The number of rotatable bonds is 6. The van der Waals surface area contributed by atoms with Crippen LogP contribution in [0.2, 0.25) is 0 Å². The van der Waals surface area contributed by atoms with Crippen molar-refractivity contribution in [2.24, 2.45) is 0 Å². The largest absolute Gasteiger partial charge is 0.475 e. The number of halogens is 6. The zero-order valence-electron chi connectivity index (χ0n) is 13.6. The Morgan fingerprint density at radius 2 is 1.85 bits per heavy atom. The summed E-state index contributed by atoms with van der Waals surface area (Å²) in [6.07, 6.45) is -8.14. The van der Waals surface area contributed by atoms with Crippen molar-refractivity contribution in [2.75, 3.05) is 24.6 Å². The Bertz CT molecular complexity index is 801. The van der Waals surface area contributed by atoms with Gasteiger partial charge in [-0.05, 0) is 18.2 Å². The highest BCUT2D eigenvalue weighted by molar-refractivity contribution is 5.62. The Morgan fingerprint density at radius 3 is 2.41 bits per heavy atom. The third kappa shape index (κ3) is 6.02. The minimum absolute atomic E-state index is 0.0730. The van der Waals surface area contributed by atoms with Crippen LogP contribution in [0, 0.1) is 6.57 Å². The van der Waals surface area contributed by atoms with Gasteiger partial charge in [-0.3, -0.25) is 0 Å². The lowest BCUT2D eigenvalue weighted by Gasteiger charge is -2.27. The van der Waals surface area contributed by atoms with E-state index in [1.165, 1.54) is 18.3 Å². The molecule has 144 valence electrons. The molecule has 0 aliphatic carbocycles. The molecule has 0 amide bonds. The fraction of sp³-hybridized carbons (Fsp3) is 0.312. The van der Waals surface area contributed by atoms with Crippen LogP contribution in [-0.4, -0.2) is 36.1 Å². The first-order chi connectivity index (χ1) is 12.6. The van der Waals surface area contributed by atoms with Crippen LogP contribution in [0.1, 0.15) is 5.56 Å². The van der Waals surface area contributed by atoms with Crippen molar-refractivity contribution in [3.63, 3.8) is 0 Å². The molecule has 2 aromatic rings. The predicted octanol–water partition coefficient (Wildman–Crippen LogP) is 4.49. The van der Waals surface area contributed by atoms with Crippen LogP contribution in [0.15, 0.2) is 36.5 Å².